The molecule has 0 radical (unpaired) electrons. The number of Topliss-reactive ketones (excluding diaryl/α,β-unsaturated/α-hetero) is 1. The highest BCUT2D eigenvalue weighted by Gasteiger charge is 2.20. The minimum atomic E-state index is -0.495. The Bertz CT molecular complexity index is 890. The van der Waals surface area contributed by atoms with Gasteiger partial charge in [0.2, 0.25) is 5.78 Å². The van der Waals surface area contributed by atoms with Crippen molar-refractivity contribution in [3.63, 3.8) is 0 Å². The molecule has 0 aliphatic rings. The van der Waals surface area contributed by atoms with Crippen molar-refractivity contribution in [1.29, 1.82) is 0 Å². The summed E-state index contributed by atoms with van der Waals surface area (Å²) in [5.74, 6) is 0.565. The molecule has 3 aromatic rings. The van der Waals surface area contributed by atoms with E-state index in [1.165, 1.54) is 11.3 Å². The van der Waals surface area contributed by atoms with E-state index in [0.717, 1.165) is 11.4 Å². The average molecular weight is 344 g/mol. The molecule has 3 aromatic heterocycles. The van der Waals surface area contributed by atoms with E-state index >= 15 is 0 Å². The van der Waals surface area contributed by atoms with Crippen molar-refractivity contribution < 1.29 is 18.8 Å². The van der Waals surface area contributed by atoms with Gasteiger partial charge in [0, 0.05) is 28.4 Å². The Balaban J connectivity index is 1.77. The zero-order chi connectivity index (χ0) is 17.3. The predicted octanol–water partition coefficient (Wildman–Crippen LogP) is 3.49. The van der Waals surface area contributed by atoms with Crippen LogP contribution in [-0.4, -0.2) is 28.1 Å². The molecule has 0 aromatic carbocycles. The van der Waals surface area contributed by atoms with Crippen LogP contribution in [0.4, 0.5) is 0 Å². The van der Waals surface area contributed by atoms with Gasteiger partial charge in [0.15, 0.2) is 12.4 Å². The van der Waals surface area contributed by atoms with Gasteiger partial charge in [-0.1, -0.05) is 5.16 Å². The molecule has 6 nitrogen and oxygen atoms in total. The van der Waals surface area contributed by atoms with Gasteiger partial charge in [-0.2, -0.15) is 11.3 Å². The lowest BCUT2D eigenvalue weighted by Gasteiger charge is -2.05. The number of carbonyl (C=O) groups excluding carboxylic acids is 2. The summed E-state index contributed by atoms with van der Waals surface area (Å²) in [5.41, 5.74) is 2.55. The molecule has 3 rings (SSSR count). The molecule has 7 heteroatoms. The Kier molecular flexibility index (Phi) is 4.35. The summed E-state index contributed by atoms with van der Waals surface area (Å²) >= 11 is 1.40. The molecule has 0 fully saturated rings. The monoisotopic (exact) mass is 344 g/mol. The molecule has 0 spiro atoms. The van der Waals surface area contributed by atoms with Crippen LogP contribution in [-0.2, 0) is 4.74 Å². The summed E-state index contributed by atoms with van der Waals surface area (Å²) in [6.45, 7) is 5.22. The van der Waals surface area contributed by atoms with Crippen LogP contribution in [0.25, 0.3) is 5.82 Å². The van der Waals surface area contributed by atoms with E-state index in [1.807, 2.05) is 18.4 Å². The van der Waals surface area contributed by atoms with E-state index in [0.29, 0.717) is 22.7 Å². The number of nitrogens with zero attached hydrogens (tertiary/aromatic N) is 2. The highest BCUT2D eigenvalue weighted by atomic mass is 32.1. The van der Waals surface area contributed by atoms with E-state index in [2.05, 4.69) is 5.16 Å². The highest BCUT2D eigenvalue weighted by molar-refractivity contribution is 7.08. The topological polar surface area (TPSA) is 74.3 Å². The van der Waals surface area contributed by atoms with Gasteiger partial charge in [-0.15, -0.1) is 0 Å². The molecule has 0 bridgehead atoms. The summed E-state index contributed by atoms with van der Waals surface area (Å²) in [5, 5.41) is 7.45. The summed E-state index contributed by atoms with van der Waals surface area (Å²) in [6, 6.07) is 5.22. The van der Waals surface area contributed by atoms with Crippen LogP contribution in [0.3, 0.4) is 0 Å². The first-order valence-corrected chi connectivity index (χ1v) is 8.27. The zero-order valence-electron chi connectivity index (χ0n) is 13.5. The highest BCUT2D eigenvalue weighted by Crippen LogP contribution is 2.21. The van der Waals surface area contributed by atoms with E-state index < -0.39 is 5.97 Å². The lowest BCUT2D eigenvalue weighted by molar-refractivity contribution is 0.0475. The van der Waals surface area contributed by atoms with Gasteiger partial charge in [-0.05, 0) is 38.3 Å². The molecule has 0 aliphatic carbocycles. The van der Waals surface area contributed by atoms with Crippen molar-refractivity contribution >= 4 is 23.1 Å². The van der Waals surface area contributed by atoms with Crippen LogP contribution in [0, 0.1) is 20.8 Å². The third-order valence-electron chi connectivity index (χ3n) is 3.67. The lowest BCUT2D eigenvalue weighted by Crippen LogP contribution is -2.14. The number of rotatable bonds is 5. The Morgan fingerprint density at radius 2 is 2.08 bits per heavy atom. The Labute approximate surface area is 142 Å². The molecule has 24 heavy (non-hydrogen) atoms. The maximum Gasteiger partial charge on any atom is 0.339 e. The van der Waals surface area contributed by atoms with Crippen molar-refractivity contribution in [2.45, 2.75) is 20.8 Å². The molecular weight excluding hydrogens is 328 g/mol. The molecule has 0 N–H and O–H groups in total. The van der Waals surface area contributed by atoms with Crippen LogP contribution in [0.1, 0.15) is 37.9 Å². The number of carbonyl (C=O) groups is 2. The van der Waals surface area contributed by atoms with E-state index in [9.17, 15) is 9.59 Å². The zero-order valence-corrected chi connectivity index (χ0v) is 14.3. The van der Waals surface area contributed by atoms with Gasteiger partial charge in [0.1, 0.15) is 5.76 Å². The number of hydrogen-bond donors (Lipinski definition) is 0. The fourth-order valence-electron chi connectivity index (χ4n) is 2.53. The largest absolute Gasteiger partial charge is 0.454 e. The molecule has 3 heterocycles. The Hall–Kier alpha value is -2.67. The van der Waals surface area contributed by atoms with E-state index in [1.54, 1.807) is 35.9 Å². The van der Waals surface area contributed by atoms with Crippen LogP contribution < -0.4 is 0 Å². The first-order valence-electron chi connectivity index (χ1n) is 7.32. The van der Waals surface area contributed by atoms with Gasteiger partial charge in [0.05, 0.1) is 5.56 Å². The predicted molar refractivity (Wildman–Crippen MR) is 89.0 cm³/mol. The van der Waals surface area contributed by atoms with Gasteiger partial charge in [-0.3, -0.25) is 9.36 Å². The molecule has 0 saturated carbocycles. The molecule has 0 atom stereocenters. The third-order valence-corrected chi connectivity index (χ3v) is 4.35. The molecular formula is C17H16N2O4S. The second-order valence-corrected chi connectivity index (χ2v) is 6.21. The van der Waals surface area contributed by atoms with Gasteiger partial charge >= 0.3 is 5.97 Å². The summed E-state index contributed by atoms with van der Waals surface area (Å²) in [7, 11) is 0. The number of hydrogen-bond acceptors (Lipinski definition) is 6. The Morgan fingerprint density at radius 1 is 1.29 bits per heavy atom. The van der Waals surface area contributed by atoms with Gasteiger partial charge in [0.25, 0.3) is 0 Å². The SMILES string of the molecule is Cc1cc(-n2c(C)cc(C(=O)COC(=O)c3ccsc3)c2C)no1. The van der Waals surface area contributed by atoms with E-state index in [4.69, 9.17) is 9.26 Å². The number of ketones is 1. The number of aromatic nitrogens is 2. The first kappa shape index (κ1) is 16.2. The van der Waals surface area contributed by atoms with Gasteiger partial charge < -0.3 is 9.26 Å². The number of thiophene rings is 1. The smallest absolute Gasteiger partial charge is 0.339 e. The minimum Gasteiger partial charge on any atom is -0.454 e. The second kappa shape index (κ2) is 6.45. The summed E-state index contributed by atoms with van der Waals surface area (Å²) in [4.78, 5) is 24.2. The molecule has 0 amide bonds. The number of esters is 1. The number of aryl methyl sites for hydroxylation is 2. The molecule has 0 saturated heterocycles. The quantitative estimate of drug-likeness (QED) is 0.523. The maximum absolute atomic E-state index is 12.4. The minimum absolute atomic E-state index is 0.252. The van der Waals surface area contributed by atoms with Crippen LogP contribution >= 0.6 is 11.3 Å². The Morgan fingerprint density at radius 3 is 2.71 bits per heavy atom. The first-order chi connectivity index (χ1) is 11.5. The second-order valence-electron chi connectivity index (χ2n) is 5.43. The van der Waals surface area contributed by atoms with E-state index in [-0.39, 0.29) is 12.4 Å². The normalized spacial score (nSPS) is 10.8. The van der Waals surface area contributed by atoms with Crippen LogP contribution in [0.2, 0.25) is 0 Å². The fourth-order valence-corrected chi connectivity index (χ4v) is 3.15. The third kappa shape index (κ3) is 3.03. The maximum atomic E-state index is 12.4. The fraction of sp³-hybridized carbons (Fsp3) is 0.235. The summed E-state index contributed by atoms with van der Waals surface area (Å²) in [6.07, 6.45) is 0. The van der Waals surface area contributed by atoms with Crippen molar-refractivity contribution in [3.05, 3.63) is 57.2 Å². The lowest BCUT2D eigenvalue weighted by atomic mass is 10.1. The number of ether oxygens (including phenoxy) is 1. The van der Waals surface area contributed by atoms with Crippen molar-refractivity contribution in [1.82, 2.24) is 9.72 Å². The molecule has 0 aliphatic heterocycles. The van der Waals surface area contributed by atoms with Crippen molar-refractivity contribution in [2.75, 3.05) is 6.61 Å². The molecule has 124 valence electrons. The average Bonchev–Trinajstić information content (AvgIpc) is 3.26. The van der Waals surface area contributed by atoms with Crippen molar-refractivity contribution in [3.8, 4) is 5.82 Å². The standard InChI is InChI=1S/C17H16N2O4S/c1-10-6-14(12(3)19(10)16-7-11(2)23-18-16)15(20)8-22-17(21)13-4-5-24-9-13/h4-7,9H,8H2,1-3H3. The summed E-state index contributed by atoms with van der Waals surface area (Å²) < 4.78 is 12.0. The van der Waals surface area contributed by atoms with Gasteiger partial charge in [-0.25, -0.2) is 4.79 Å². The van der Waals surface area contributed by atoms with Crippen molar-refractivity contribution in [2.24, 2.45) is 0 Å². The van der Waals surface area contributed by atoms with Crippen LogP contribution in [0.15, 0.2) is 33.5 Å². The molecule has 0 unspecified atom stereocenters. The van der Waals surface area contributed by atoms with Crippen LogP contribution in [0.5, 0.6) is 0 Å².